The van der Waals surface area contributed by atoms with Crippen LogP contribution in [0.3, 0.4) is 0 Å². The van der Waals surface area contributed by atoms with Gasteiger partial charge in [0.2, 0.25) is 15.9 Å². The second-order valence-electron chi connectivity index (χ2n) is 7.69. The second-order valence-corrected chi connectivity index (χ2v) is 9.65. The van der Waals surface area contributed by atoms with Crippen LogP contribution in [0.25, 0.3) is 0 Å². The normalized spacial score (nSPS) is 21.8. The van der Waals surface area contributed by atoms with Crippen LogP contribution < -0.4 is 9.62 Å². The van der Waals surface area contributed by atoms with E-state index in [9.17, 15) is 13.2 Å². The van der Waals surface area contributed by atoms with Crippen molar-refractivity contribution < 1.29 is 13.2 Å². The third kappa shape index (κ3) is 3.82. The van der Waals surface area contributed by atoms with Crippen LogP contribution in [0.2, 0.25) is 0 Å². The van der Waals surface area contributed by atoms with Crippen molar-refractivity contribution in [3.63, 3.8) is 0 Å². The van der Waals surface area contributed by atoms with Crippen molar-refractivity contribution in [1.29, 1.82) is 0 Å². The molecular formula is C19H27N3O3S. The van der Waals surface area contributed by atoms with Gasteiger partial charge in [-0.1, -0.05) is 12.8 Å². The summed E-state index contributed by atoms with van der Waals surface area (Å²) in [7, 11) is -3.28. The molecule has 3 fully saturated rings. The van der Waals surface area contributed by atoms with Gasteiger partial charge in [-0.25, -0.2) is 8.42 Å². The summed E-state index contributed by atoms with van der Waals surface area (Å²) in [5, 5.41) is -0.251. The van der Waals surface area contributed by atoms with E-state index in [1.54, 1.807) is 0 Å². The Morgan fingerprint density at radius 3 is 2.12 bits per heavy atom. The van der Waals surface area contributed by atoms with Crippen LogP contribution in [0.15, 0.2) is 24.3 Å². The minimum atomic E-state index is -3.28. The van der Waals surface area contributed by atoms with Crippen LogP contribution in [-0.2, 0) is 14.8 Å². The van der Waals surface area contributed by atoms with E-state index in [1.807, 2.05) is 29.2 Å². The fourth-order valence-corrected chi connectivity index (χ4v) is 5.55. The van der Waals surface area contributed by atoms with Gasteiger partial charge in [0.05, 0.1) is 5.25 Å². The maximum atomic E-state index is 12.4. The third-order valence-electron chi connectivity index (χ3n) is 5.75. The largest absolute Gasteiger partial charge is 0.368 e. The monoisotopic (exact) mass is 377 g/mol. The molecule has 1 N–H and O–H groups in total. The van der Waals surface area contributed by atoms with Gasteiger partial charge in [0.1, 0.15) is 0 Å². The van der Waals surface area contributed by atoms with Crippen molar-refractivity contribution in [2.75, 3.05) is 35.8 Å². The average Bonchev–Trinajstić information content (AvgIpc) is 3.34. The molecule has 142 valence electrons. The van der Waals surface area contributed by atoms with Crippen LogP contribution >= 0.6 is 0 Å². The van der Waals surface area contributed by atoms with Crippen LogP contribution in [0.5, 0.6) is 0 Å². The lowest BCUT2D eigenvalue weighted by Gasteiger charge is -2.36. The zero-order valence-electron chi connectivity index (χ0n) is 15.1. The molecule has 1 amide bonds. The van der Waals surface area contributed by atoms with Gasteiger partial charge in [0.15, 0.2) is 0 Å². The average molecular weight is 378 g/mol. The second kappa shape index (κ2) is 7.10. The first-order chi connectivity index (χ1) is 12.5. The molecule has 1 aliphatic heterocycles. The Bertz CT molecular complexity index is 745. The Morgan fingerprint density at radius 2 is 1.54 bits per heavy atom. The van der Waals surface area contributed by atoms with E-state index in [0.29, 0.717) is 11.6 Å². The Hall–Kier alpha value is -1.76. The van der Waals surface area contributed by atoms with Crippen LogP contribution in [0, 0.1) is 5.92 Å². The molecule has 0 spiro atoms. The summed E-state index contributed by atoms with van der Waals surface area (Å²) in [5.41, 5.74) is 1.70. The smallest absolute Gasteiger partial charge is 0.235 e. The molecule has 2 aliphatic carbocycles. The molecule has 0 unspecified atom stereocenters. The maximum Gasteiger partial charge on any atom is 0.235 e. The molecule has 0 radical (unpaired) electrons. The molecule has 1 saturated heterocycles. The van der Waals surface area contributed by atoms with E-state index in [-0.39, 0.29) is 11.2 Å². The first-order valence-electron chi connectivity index (χ1n) is 9.68. The molecule has 0 bridgehead atoms. The molecule has 0 atom stereocenters. The van der Waals surface area contributed by atoms with Gasteiger partial charge >= 0.3 is 0 Å². The number of rotatable bonds is 5. The number of carbonyl (C=O) groups excluding carboxylic acids is 1. The quantitative estimate of drug-likeness (QED) is 0.856. The fraction of sp³-hybridized carbons (Fsp3) is 0.632. The highest BCUT2D eigenvalue weighted by Gasteiger charge is 2.34. The predicted octanol–water partition coefficient (Wildman–Crippen LogP) is 2.43. The number of anilines is 2. The lowest BCUT2D eigenvalue weighted by Crippen LogP contribution is -2.49. The fourth-order valence-electron chi connectivity index (χ4n) is 3.96. The topological polar surface area (TPSA) is 69.7 Å². The summed E-state index contributed by atoms with van der Waals surface area (Å²) in [6.45, 7) is 3.19. The molecule has 0 aromatic heterocycles. The van der Waals surface area contributed by atoms with Crippen molar-refractivity contribution in [2.45, 2.75) is 43.8 Å². The minimum absolute atomic E-state index is 0.251. The number of hydrogen-bond acceptors (Lipinski definition) is 4. The summed E-state index contributed by atoms with van der Waals surface area (Å²) in [6.07, 6.45) is 5.63. The molecule has 7 heteroatoms. The van der Waals surface area contributed by atoms with Gasteiger partial charge in [-0.15, -0.1) is 0 Å². The number of nitrogens with one attached hydrogen (secondary N) is 1. The lowest BCUT2D eigenvalue weighted by atomic mass is 10.2. The predicted molar refractivity (Wildman–Crippen MR) is 103 cm³/mol. The number of nitrogens with zero attached hydrogens (tertiary/aromatic N) is 2. The number of hydrogen-bond donors (Lipinski definition) is 1. The third-order valence-corrected chi connectivity index (χ3v) is 7.62. The molecule has 1 aromatic carbocycles. The summed E-state index contributed by atoms with van der Waals surface area (Å²) in [4.78, 5) is 16.4. The van der Waals surface area contributed by atoms with E-state index >= 15 is 0 Å². The highest BCUT2D eigenvalue weighted by molar-refractivity contribution is 7.93. The van der Waals surface area contributed by atoms with Gasteiger partial charge < -0.3 is 9.80 Å². The zero-order valence-corrected chi connectivity index (χ0v) is 15.9. The summed E-state index contributed by atoms with van der Waals surface area (Å²) in [5.74, 6) is 0.607. The molecule has 26 heavy (non-hydrogen) atoms. The van der Waals surface area contributed by atoms with E-state index < -0.39 is 10.0 Å². The minimum Gasteiger partial charge on any atom is -0.368 e. The van der Waals surface area contributed by atoms with Crippen molar-refractivity contribution in [2.24, 2.45) is 5.92 Å². The molecule has 6 nitrogen and oxygen atoms in total. The van der Waals surface area contributed by atoms with E-state index in [4.69, 9.17) is 0 Å². The first-order valence-corrected chi connectivity index (χ1v) is 11.2. The molecular weight excluding hydrogens is 350 g/mol. The Labute approximate surface area is 155 Å². The summed E-state index contributed by atoms with van der Waals surface area (Å²) >= 11 is 0. The molecule has 1 heterocycles. The van der Waals surface area contributed by atoms with Crippen molar-refractivity contribution in [3.8, 4) is 0 Å². The van der Waals surface area contributed by atoms with Crippen LogP contribution in [0.1, 0.15) is 38.5 Å². The van der Waals surface area contributed by atoms with E-state index in [0.717, 1.165) is 70.4 Å². The maximum absolute atomic E-state index is 12.4. The van der Waals surface area contributed by atoms with Gasteiger partial charge in [-0.2, -0.15) is 0 Å². The highest BCUT2D eigenvalue weighted by Crippen LogP contribution is 2.32. The first kappa shape index (κ1) is 17.6. The number of carbonyl (C=O) groups is 1. The molecule has 2 saturated carbocycles. The lowest BCUT2D eigenvalue weighted by molar-refractivity contribution is -0.132. The molecule has 4 rings (SSSR count). The number of amides is 1. The number of sulfonamides is 1. The zero-order chi connectivity index (χ0) is 18.1. The summed E-state index contributed by atoms with van der Waals surface area (Å²) in [6, 6.07) is 7.60. The van der Waals surface area contributed by atoms with Gasteiger partial charge in [-0.3, -0.25) is 9.52 Å². The summed E-state index contributed by atoms with van der Waals surface area (Å²) < 4.78 is 27.5. The SMILES string of the molecule is O=C(C1CC1)N1CCN(c2ccc(NS(=O)(=O)C3CCCC3)cc2)CC1. The Morgan fingerprint density at radius 1 is 0.923 bits per heavy atom. The molecule has 1 aromatic rings. The Kier molecular flexibility index (Phi) is 4.82. The van der Waals surface area contributed by atoms with Gasteiger partial charge in [0.25, 0.3) is 0 Å². The van der Waals surface area contributed by atoms with Crippen molar-refractivity contribution >= 4 is 27.3 Å². The van der Waals surface area contributed by atoms with Crippen LogP contribution in [-0.4, -0.2) is 50.7 Å². The molecule has 3 aliphatic rings. The van der Waals surface area contributed by atoms with Gasteiger partial charge in [0, 0.05) is 43.5 Å². The van der Waals surface area contributed by atoms with Crippen molar-refractivity contribution in [1.82, 2.24) is 4.90 Å². The van der Waals surface area contributed by atoms with E-state index in [2.05, 4.69) is 9.62 Å². The number of benzene rings is 1. The van der Waals surface area contributed by atoms with Crippen LogP contribution in [0.4, 0.5) is 11.4 Å². The Balaban J connectivity index is 1.33. The standard InChI is InChI=1S/C19H27N3O3S/c23-19(15-5-6-15)22-13-11-21(12-14-22)17-9-7-16(8-10-17)20-26(24,25)18-3-1-2-4-18/h7-10,15,18,20H,1-6,11-14H2. The van der Waals surface area contributed by atoms with Crippen molar-refractivity contribution in [3.05, 3.63) is 24.3 Å². The van der Waals surface area contributed by atoms with Gasteiger partial charge in [-0.05, 0) is 49.9 Å². The van der Waals surface area contributed by atoms with E-state index in [1.165, 1.54) is 0 Å². The highest BCUT2D eigenvalue weighted by atomic mass is 32.2. The number of piperazine rings is 1.